The van der Waals surface area contributed by atoms with E-state index in [2.05, 4.69) is 15.9 Å². The Morgan fingerprint density at radius 1 is 1.10 bits per heavy atom. The van der Waals surface area contributed by atoms with E-state index in [4.69, 9.17) is 33.7 Å². The van der Waals surface area contributed by atoms with Crippen LogP contribution in [0.1, 0.15) is 12.5 Å². The van der Waals surface area contributed by atoms with E-state index in [1.165, 1.54) is 0 Å². The van der Waals surface area contributed by atoms with Crippen LogP contribution >= 0.6 is 39.1 Å². The number of alkyl halides is 1. The van der Waals surface area contributed by atoms with Gasteiger partial charge in [0.25, 0.3) is 0 Å². The molecule has 2 rings (SSSR count). The van der Waals surface area contributed by atoms with Crippen molar-refractivity contribution in [1.29, 1.82) is 0 Å². The van der Waals surface area contributed by atoms with E-state index in [-0.39, 0.29) is 0 Å². The zero-order valence-corrected chi connectivity index (χ0v) is 14.0. The van der Waals surface area contributed by atoms with Crippen LogP contribution < -0.4 is 10.5 Å². The fourth-order valence-electron chi connectivity index (χ4n) is 1.73. The molecule has 2 nitrogen and oxygen atoms in total. The van der Waals surface area contributed by atoms with Gasteiger partial charge in [0.05, 0.1) is 0 Å². The molecule has 0 heterocycles. The molecule has 2 N–H and O–H groups in total. The van der Waals surface area contributed by atoms with Gasteiger partial charge in [0.15, 0.2) is 0 Å². The highest BCUT2D eigenvalue weighted by molar-refractivity contribution is 9.09. The van der Waals surface area contributed by atoms with Crippen molar-refractivity contribution in [2.75, 3.05) is 5.33 Å². The van der Waals surface area contributed by atoms with Gasteiger partial charge in [-0.15, -0.1) is 0 Å². The summed E-state index contributed by atoms with van der Waals surface area (Å²) in [6, 6.07) is 12.6. The van der Waals surface area contributed by atoms with Gasteiger partial charge < -0.3 is 10.5 Å². The first-order chi connectivity index (χ1) is 9.42. The van der Waals surface area contributed by atoms with Crippen LogP contribution in [0.3, 0.4) is 0 Å². The largest absolute Gasteiger partial charge is 0.457 e. The summed E-state index contributed by atoms with van der Waals surface area (Å²) < 4.78 is 5.72. The number of halogens is 3. The number of hydrogen-bond donors (Lipinski definition) is 1. The van der Waals surface area contributed by atoms with Crippen molar-refractivity contribution in [2.45, 2.75) is 12.5 Å². The van der Waals surface area contributed by atoms with E-state index in [1.807, 2.05) is 19.1 Å². The molecule has 0 amide bonds. The fraction of sp³-hybridized carbons (Fsp3) is 0.200. The molecule has 0 bridgehead atoms. The van der Waals surface area contributed by atoms with Gasteiger partial charge in [-0.3, -0.25) is 0 Å². The lowest BCUT2D eigenvalue weighted by atomic mass is 9.95. The van der Waals surface area contributed by atoms with E-state index in [1.54, 1.807) is 30.3 Å². The van der Waals surface area contributed by atoms with E-state index in [0.29, 0.717) is 26.9 Å². The molecule has 0 aliphatic heterocycles. The summed E-state index contributed by atoms with van der Waals surface area (Å²) in [5.41, 5.74) is 6.53. The van der Waals surface area contributed by atoms with Gasteiger partial charge in [0.1, 0.15) is 11.5 Å². The highest BCUT2D eigenvalue weighted by Crippen LogP contribution is 2.32. The maximum Gasteiger partial charge on any atom is 0.128 e. The summed E-state index contributed by atoms with van der Waals surface area (Å²) in [6.07, 6.45) is 0. The lowest BCUT2D eigenvalue weighted by Crippen LogP contribution is -2.34. The van der Waals surface area contributed by atoms with E-state index in [9.17, 15) is 0 Å². The first kappa shape index (κ1) is 15.6. The van der Waals surface area contributed by atoms with Crippen LogP contribution in [0.2, 0.25) is 10.0 Å². The molecule has 5 heteroatoms. The van der Waals surface area contributed by atoms with Gasteiger partial charge in [-0.25, -0.2) is 0 Å². The zero-order chi connectivity index (χ0) is 14.8. The minimum atomic E-state index is -0.518. The Morgan fingerprint density at radius 3 is 2.25 bits per heavy atom. The first-order valence-electron chi connectivity index (χ1n) is 6.01. The monoisotopic (exact) mass is 373 g/mol. The van der Waals surface area contributed by atoms with E-state index in [0.717, 1.165) is 5.56 Å². The van der Waals surface area contributed by atoms with Crippen molar-refractivity contribution in [3.8, 4) is 11.5 Å². The molecule has 0 radical (unpaired) electrons. The standard InChI is InChI=1S/C15H14BrCl2NO/c1-15(19,9-16)13-7-6-12(8-14(13)18)20-11-4-2-10(17)3-5-11/h2-8H,9,19H2,1H3. The summed E-state index contributed by atoms with van der Waals surface area (Å²) in [7, 11) is 0. The maximum atomic E-state index is 6.28. The molecule has 1 atom stereocenters. The Balaban J connectivity index is 2.23. The van der Waals surface area contributed by atoms with Crippen molar-refractivity contribution in [1.82, 2.24) is 0 Å². The van der Waals surface area contributed by atoms with Crippen LogP contribution in [0.25, 0.3) is 0 Å². The van der Waals surface area contributed by atoms with Gasteiger partial charge in [0.2, 0.25) is 0 Å². The van der Waals surface area contributed by atoms with Gasteiger partial charge >= 0.3 is 0 Å². The van der Waals surface area contributed by atoms with Crippen molar-refractivity contribution < 1.29 is 4.74 Å². The molecule has 0 aromatic heterocycles. The van der Waals surface area contributed by atoms with Crippen LogP contribution in [0, 0.1) is 0 Å². The number of hydrogen-bond acceptors (Lipinski definition) is 2. The topological polar surface area (TPSA) is 35.2 Å². The predicted molar refractivity (Wildman–Crippen MR) is 88.3 cm³/mol. The predicted octanol–water partition coefficient (Wildman–Crippen LogP) is 5.35. The maximum absolute atomic E-state index is 6.28. The lowest BCUT2D eigenvalue weighted by Gasteiger charge is -2.24. The molecule has 2 aromatic carbocycles. The number of ether oxygens (including phenoxy) is 1. The molecule has 0 fully saturated rings. The van der Waals surface area contributed by atoms with E-state index < -0.39 is 5.54 Å². The highest BCUT2D eigenvalue weighted by Gasteiger charge is 2.22. The second kappa shape index (κ2) is 6.35. The zero-order valence-electron chi connectivity index (χ0n) is 10.9. The van der Waals surface area contributed by atoms with Crippen LogP contribution in [-0.4, -0.2) is 5.33 Å². The quantitative estimate of drug-likeness (QED) is 0.731. The van der Waals surface area contributed by atoms with Crippen LogP contribution in [0.4, 0.5) is 0 Å². The van der Waals surface area contributed by atoms with Crippen LogP contribution in [-0.2, 0) is 5.54 Å². The van der Waals surface area contributed by atoms with Gasteiger partial charge in [-0.05, 0) is 48.9 Å². The van der Waals surface area contributed by atoms with Gasteiger partial charge in [-0.1, -0.05) is 45.2 Å². The molecule has 20 heavy (non-hydrogen) atoms. The normalized spacial score (nSPS) is 13.8. The Labute approximate surface area is 137 Å². The number of benzene rings is 2. The molecular weight excluding hydrogens is 361 g/mol. The third-order valence-corrected chi connectivity index (χ3v) is 4.61. The van der Waals surface area contributed by atoms with E-state index >= 15 is 0 Å². The average Bonchev–Trinajstić information content (AvgIpc) is 2.41. The Morgan fingerprint density at radius 2 is 1.70 bits per heavy atom. The van der Waals surface area contributed by atoms with Crippen LogP contribution in [0.5, 0.6) is 11.5 Å². The molecule has 0 aliphatic carbocycles. The fourth-order valence-corrected chi connectivity index (χ4v) is 2.55. The smallest absolute Gasteiger partial charge is 0.128 e. The molecule has 0 aliphatic rings. The minimum Gasteiger partial charge on any atom is -0.457 e. The summed E-state index contributed by atoms with van der Waals surface area (Å²) >= 11 is 15.5. The van der Waals surface area contributed by atoms with Crippen molar-refractivity contribution in [3.05, 3.63) is 58.1 Å². The van der Waals surface area contributed by atoms with Gasteiger partial charge in [-0.2, -0.15) is 0 Å². The molecule has 1 unspecified atom stereocenters. The second-order valence-corrected chi connectivity index (χ2v) is 6.15. The molecule has 106 valence electrons. The SMILES string of the molecule is CC(N)(CBr)c1ccc(Oc2ccc(Cl)cc2)cc1Cl. The lowest BCUT2D eigenvalue weighted by molar-refractivity contribution is 0.481. The average molecular weight is 375 g/mol. The summed E-state index contributed by atoms with van der Waals surface area (Å²) in [4.78, 5) is 0. The number of nitrogens with two attached hydrogens (primary N) is 1. The third kappa shape index (κ3) is 3.67. The summed E-state index contributed by atoms with van der Waals surface area (Å²) in [5, 5.41) is 1.87. The molecule has 2 aromatic rings. The first-order valence-corrected chi connectivity index (χ1v) is 7.88. The van der Waals surface area contributed by atoms with Crippen molar-refractivity contribution >= 4 is 39.1 Å². The molecule has 0 spiro atoms. The van der Waals surface area contributed by atoms with Crippen molar-refractivity contribution in [3.63, 3.8) is 0 Å². The van der Waals surface area contributed by atoms with Crippen molar-refractivity contribution in [2.24, 2.45) is 5.73 Å². The number of rotatable bonds is 4. The summed E-state index contributed by atoms with van der Waals surface area (Å²) in [5.74, 6) is 1.36. The summed E-state index contributed by atoms with van der Waals surface area (Å²) in [6.45, 7) is 1.92. The molecule has 0 saturated carbocycles. The molecular formula is C15H14BrCl2NO. The highest BCUT2D eigenvalue weighted by atomic mass is 79.9. The second-order valence-electron chi connectivity index (χ2n) is 4.75. The van der Waals surface area contributed by atoms with Crippen LogP contribution in [0.15, 0.2) is 42.5 Å². The Bertz CT molecular complexity index is 599. The Kier molecular flexibility index (Phi) is 4.97. The minimum absolute atomic E-state index is 0.518. The Hall–Kier alpha value is -0.740. The van der Waals surface area contributed by atoms with Gasteiger partial charge in [0, 0.05) is 20.9 Å². The molecule has 0 saturated heterocycles. The third-order valence-electron chi connectivity index (χ3n) is 2.88.